The van der Waals surface area contributed by atoms with Gasteiger partial charge in [0.25, 0.3) is 0 Å². The highest BCUT2D eigenvalue weighted by Crippen LogP contribution is 2.17. The van der Waals surface area contributed by atoms with E-state index >= 15 is 0 Å². The maximum Gasteiger partial charge on any atom is 0.310 e. The molecule has 0 bridgehead atoms. The Morgan fingerprint density at radius 1 is 1.40 bits per heavy atom. The van der Waals surface area contributed by atoms with Gasteiger partial charge >= 0.3 is 5.97 Å². The van der Waals surface area contributed by atoms with E-state index in [0.717, 1.165) is 0 Å². The number of carbonyl (C=O) groups is 2. The van der Waals surface area contributed by atoms with Crippen molar-refractivity contribution in [1.29, 1.82) is 0 Å². The molecule has 8 heteroatoms. The fraction of sp³-hybridized carbons (Fsp3) is 0.667. The zero-order valence-corrected chi connectivity index (χ0v) is 12.3. The molecule has 114 valence electrons. The summed E-state index contributed by atoms with van der Waals surface area (Å²) in [6, 6.07) is -1.26. The Labute approximate surface area is 118 Å². The predicted molar refractivity (Wildman–Crippen MR) is 73.5 cm³/mol. The minimum Gasteiger partial charge on any atom is -0.481 e. The molecule has 1 amide bonds. The molecule has 1 aliphatic rings. The number of hydrogen-bond acceptors (Lipinski definition) is 4. The number of aliphatic carboxylic acids is 1. The van der Waals surface area contributed by atoms with Crippen LogP contribution in [0, 0.1) is 5.92 Å². The minimum absolute atomic E-state index is 0.0327. The third-order valence-corrected chi connectivity index (χ3v) is 4.61. The summed E-state index contributed by atoms with van der Waals surface area (Å²) in [6.07, 6.45) is 3.90. The molecule has 0 aromatic heterocycles. The van der Waals surface area contributed by atoms with E-state index in [-0.39, 0.29) is 18.2 Å². The smallest absolute Gasteiger partial charge is 0.310 e. The standard InChI is InChI=1S/C12H20N2O5S/c1-3-6-20(18,19)14-8(2)11(15)13-10-5-4-9(7-10)12(16)17/h4-5,8-10,14H,3,6-7H2,1-2H3,(H,13,15)(H,16,17). The van der Waals surface area contributed by atoms with Crippen LogP contribution in [0.3, 0.4) is 0 Å². The van der Waals surface area contributed by atoms with E-state index in [1.54, 1.807) is 13.0 Å². The van der Waals surface area contributed by atoms with Gasteiger partial charge in [-0.15, -0.1) is 0 Å². The number of carboxylic acids is 1. The zero-order valence-electron chi connectivity index (χ0n) is 11.5. The number of sulfonamides is 1. The van der Waals surface area contributed by atoms with Crippen LogP contribution in [0.4, 0.5) is 0 Å². The lowest BCUT2D eigenvalue weighted by Crippen LogP contribution is -2.48. The van der Waals surface area contributed by atoms with E-state index in [2.05, 4.69) is 10.0 Å². The van der Waals surface area contributed by atoms with Crippen LogP contribution in [-0.2, 0) is 19.6 Å². The quantitative estimate of drug-likeness (QED) is 0.566. The van der Waals surface area contributed by atoms with Gasteiger partial charge in [-0.1, -0.05) is 19.1 Å². The SMILES string of the molecule is CCCS(=O)(=O)NC(C)C(=O)NC1C=CC(C(=O)O)C1. The van der Waals surface area contributed by atoms with Crippen LogP contribution in [0.2, 0.25) is 0 Å². The van der Waals surface area contributed by atoms with Gasteiger partial charge in [0.05, 0.1) is 17.7 Å². The fourth-order valence-corrected chi connectivity index (χ4v) is 3.25. The van der Waals surface area contributed by atoms with Gasteiger partial charge in [0, 0.05) is 6.04 Å². The summed E-state index contributed by atoms with van der Waals surface area (Å²) in [5.74, 6) is -2.04. The topological polar surface area (TPSA) is 113 Å². The molecule has 0 saturated carbocycles. The summed E-state index contributed by atoms with van der Waals surface area (Å²) in [5.41, 5.74) is 0. The van der Waals surface area contributed by atoms with Crippen molar-refractivity contribution in [3.63, 3.8) is 0 Å². The third-order valence-electron chi connectivity index (χ3n) is 2.95. The van der Waals surface area contributed by atoms with Crippen LogP contribution in [0.15, 0.2) is 12.2 Å². The summed E-state index contributed by atoms with van der Waals surface area (Å²) in [7, 11) is -3.46. The molecular weight excluding hydrogens is 284 g/mol. The Kier molecular flexibility index (Phi) is 5.70. The maximum absolute atomic E-state index is 11.8. The molecule has 0 radical (unpaired) electrons. The van der Waals surface area contributed by atoms with Crippen LogP contribution in [-0.4, -0.2) is 43.2 Å². The molecule has 0 fully saturated rings. The van der Waals surface area contributed by atoms with Crippen molar-refractivity contribution in [2.45, 2.75) is 38.8 Å². The summed E-state index contributed by atoms with van der Waals surface area (Å²) >= 11 is 0. The first-order valence-electron chi connectivity index (χ1n) is 6.46. The normalized spacial score (nSPS) is 23.5. The molecule has 0 saturated heterocycles. The molecular formula is C12H20N2O5S. The van der Waals surface area contributed by atoms with Gasteiger partial charge in [0.2, 0.25) is 15.9 Å². The van der Waals surface area contributed by atoms with Crippen LogP contribution >= 0.6 is 0 Å². The van der Waals surface area contributed by atoms with Crippen molar-refractivity contribution < 1.29 is 23.1 Å². The van der Waals surface area contributed by atoms with Crippen molar-refractivity contribution >= 4 is 21.9 Å². The lowest BCUT2D eigenvalue weighted by Gasteiger charge is -2.17. The highest BCUT2D eigenvalue weighted by molar-refractivity contribution is 7.89. The Bertz CT molecular complexity index is 500. The van der Waals surface area contributed by atoms with Gasteiger partial charge < -0.3 is 10.4 Å². The van der Waals surface area contributed by atoms with Crippen LogP contribution in [0.5, 0.6) is 0 Å². The molecule has 0 aromatic rings. The lowest BCUT2D eigenvalue weighted by molar-refractivity contribution is -0.140. The van der Waals surface area contributed by atoms with Crippen LogP contribution in [0.1, 0.15) is 26.7 Å². The molecule has 1 aliphatic carbocycles. The van der Waals surface area contributed by atoms with E-state index in [1.165, 1.54) is 13.0 Å². The van der Waals surface area contributed by atoms with Crippen molar-refractivity contribution in [3.8, 4) is 0 Å². The summed E-state index contributed by atoms with van der Waals surface area (Å²) in [5, 5.41) is 11.4. The highest BCUT2D eigenvalue weighted by atomic mass is 32.2. The number of carbonyl (C=O) groups excluding carboxylic acids is 1. The highest BCUT2D eigenvalue weighted by Gasteiger charge is 2.27. The summed E-state index contributed by atoms with van der Waals surface area (Å²) < 4.78 is 25.4. The number of carboxylic acid groups (broad SMARTS) is 1. The second-order valence-corrected chi connectivity index (χ2v) is 6.71. The van der Waals surface area contributed by atoms with Crippen molar-refractivity contribution in [2.75, 3.05) is 5.75 Å². The monoisotopic (exact) mass is 304 g/mol. The Morgan fingerprint density at radius 3 is 2.55 bits per heavy atom. The zero-order chi connectivity index (χ0) is 15.3. The van der Waals surface area contributed by atoms with Crippen molar-refractivity contribution in [1.82, 2.24) is 10.0 Å². The number of hydrogen-bond donors (Lipinski definition) is 3. The van der Waals surface area contributed by atoms with Gasteiger partial charge in [-0.2, -0.15) is 0 Å². The van der Waals surface area contributed by atoms with Crippen molar-refractivity contribution in [2.24, 2.45) is 5.92 Å². The number of rotatable bonds is 7. The molecule has 7 nitrogen and oxygen atoms in total. The number of nitrogens with one attached hydrogen (secondary N) is 2. The van der Waals surface area contributed by atoms with Gasteiger partial charge in [0.15, 0.2) is 0 Å². The molecule has 0 aliphatic heterocycles. The average molecular weight is 304 g/mol. The van der Waals surface area contributed by atoms with E-state index in [1.807, 2.05) is 0 Å². The molecule has 0 aromatic carbocycles. The molecule has 3 atom stereocenters. The molecule has 0 heterocycles. The Balaban J connectivity index is 2.48. The van der Waals surface area contributed by atoms with Gasteiger partial charge in [-0.3, -0.25) is 9.59 Å². The van der Waals surface area contributed by atoms with Crippen LogP contribution in [0.25, 0.3) is 0 Å². The minimum atomic E-state index is -3.46. The molecule has 20 heavy (non-hydrogen) atoms. The fourth-order valence-electron chi connectivity index (χ4n) is 1.95. The first kappa shape index (κ1) is 16.6. The second-order valence-electron chi connectivity index (χ2n) is 4.84. The summed E-state index contributed by atoms with van der Waals surface area (Å²) in [4.78, 5) is 22.6. The predicted octanol–water partition coefficient (Wildman–Crippen LogP) is -0.150. The van der Waals surface area contributed by atoms with E-state index in [9.17, 15) is 18.0 Å². The molecule has 0 spiro atoms. The van der Waals surface area contributed by atoms with Gasteiger partial charge in [-0.25, -0.2) is 13.1 Å². The van der Waals surface area contributed by atoms with Crippen LogP contribution < -0.4 is 10.0 Å². The largest absolute Gasteiger partial charge is 0.481 e. The maximum atomic E-state index is 11.8. The molecule has 3 N–H and O–H groups in total. The van der Waals surface area contributed by atoms with Gasteiger partial charge in [-0.05, 0) is 19.8 Å². The third kappa shape index (κ3) is 4.93. The first-order chi connectivity index (χ1) is 9.25. The molecule has 3 unspecified atom stereocenters. The van der Waals surface area contributed by atoms with Gasteiger partial charge in [0.1, 0.15) is 0 Å². The Morgan fingerprint density at radius 2 is 2.05 bits per heavy atom. The lowest BCUT2D eigenvalue weighted by atomic mass is 10.1. The first-order valence-corrected chi connectivity index (χ1v) is 8.12. The second kappa shape index (κ2) is 6.85. The van der Waals surface area contributed by atoms with E-state index in [4.69, 9.17) is 5.11 Å². The molecule has 1 rings (SSSR count). The number of amides is 1. The van der Waals surface area contributed by atoms with E-state index in [0.29, 0.717) is 6.42 Å². The van der Waals surface area contributed by atoms with E-state index < -0.39 is 33.9 Å². The summed E-state index contributed by atoms with van der Waals surface area (Å²) in [6.45, 7) is 3.19. The average Bonchev–Trinajstić information content (AvgIpc) is 2.76. The Hall–Kier alpha value is -1.41. The van der Waals surface area contributed by atoms with Crippen molar-refractivity contribution in [3.05, 3.63) is 12.2 Å².